The van der Waals surface area contributed by atoms with E-state index < -0.39 is 0 Å². The van der Waals surface area contributed by atoms with E-state index in [1.165, 1.54) is 18.9 Å². The Morgan fingerprint density at radius 3 is 2.94 bits per heavy atom. The number of hydrogen-bond acceptors (Lipinski definition) is 5. The van der Waals surface area contributed by atoms with Gasteiger partial charge in [0.2, 0.25) is 5.95 Å². The summed E-state index contributed by atoms with van der Waals surface area (Å²) in [4.78, 5) is 9.54. The molecule has 1 aromatic carbocycles. The standard InChI is InChI=1S/C25H31FN6/c1-3-4-5-12-28-23-11-9-20(15-18(23)16-27)29-25-30-24-22(7-6-13-32(24)31-25)21-10-8-19(26)14-17(21)2/h6-8,10,13-14,16,20H,3-5,9,11-12,15,27H2,1-2H3,(H,29,31). The summed E-state index contributed by atoms with van der Waals surface area (Å²) >= 11 is 0. The molecule has 4 rings (SSSR count). The molecule has 0 radical (unpaired) electrons. The maximum Gasteiger partial charge on any atom is 0.243 e. The zero-order valence-electron chi connectivity index (χ0n) is 18.8. The van der Waals surface area contributed by atoms with Crippen molar-refractivity contribution in [1.29, 1.82) is 0 Å². The highest BCUT2D eigenvalue weighted by Crippen LogP contribution is 2.29. The normalized spacial score (nSPS) is 19.2. The molecule has 7 heteroatoms. The van der Waals surface area contributed by atoms with Gasteiger partial charge < -0.3 is 11.1 Å². The Hall–Kier alpha value is -3.22. The minimum atomic E-state index is -0.239. The van der Waals surface area contributed by atoms with Crippen molar-refractivity contribution in [3.05, 3.63) is 59.7 Å². The number of benzene rings is 1. The third-order valence-electron chi connectivity index (χ3n) is 6.01. The molecule has 1 saturated carbocycles. The number of anilines is 1. The minimum Gasteiger partial charge on any atom is -0.404 e. The lowest BCUT2D eigenvalue weighted by molar-refractivity contribution is 0.627. The first-order chi connectivity index (χ1) is 15.6. The van der Waals surface area contributed by atoms with Gasteiger partial charge in [0.05, 0.1) is 0 Å². The summed E-state index contributed by atoms with van der Waals surface area (Å²) < 4.78 is 15.3. The number of halogens is 1. The fraction of sp³-hybridized carbons (Fsp3) is 0.400. The van der Waals surface area contributed by atoms with Gasteiger partial charge in [-0.1, -0.05) is 25.8 Å². The number of aromatic nitrogens is 3. The minimum absolute atomic E-state index is 0.202. The Kier molecular flexibility index (Phi) is 6.83. The molecule has 0 saturated heterocycles. The van der Waals surface area contributed by atoms with Crippen molar-refractivity contribution in [3.63, 3.8) is 0 Å². The van der Waals surface area contributed by atoms with E-state index >= 15 is 0 Å². The fourth-order valence-corrected chi connectivity index (χ4v) is 4.29. The summed E-state index contributed by atoms with van der Waals surface area (Å²) in [5, 5.41) is 8.10. The van der Waals surface area contributed by atoms with Crippen LogP contribution in [0.1, 0.15) is 51.0 Å². The Morgan fingerprint density at radius 1 is 1.28 bits per heavy atom. The van der Waals surface area contributed by atoms with Crippen LogP contribution in [0.2, 0.25) is 0 Å². The van der Waals surface area contributed by atoms with Crippen molar-refractivity contribution in [2.75, 3.05) is 11.9 Å². The molecule has 0 amide bonds. The second kappa shape index (κ2) is 9.94. The van der Waals surface area contributed by atoms with Crippen molar-refractivity contribution in [1.82, 2.24) is 14.6 Å². The van der Waals surface area contributed by atoms with Crippen LogP contribution in [0.15, 0.2) is 53.3 Å². The number of pyridine rings is 1. The average Bonchev–Trinajstić information content (AvgIpc) is 3.20. The highest BCUT2D eigenvalue weighted by atomic mass is 19.1. The maximum absolute atomic E-state index is 13.6. The lowest BCUT2D eigenvalue weighted by Crippen LogP contribution is -2.29. The second-order valence-corrected chi connectivity index (χ2v) is 8.40. The molecular weight excluding hydrogens is 403 g/mol. The molecule has 0 aliphatic heterocycles. The van der Waals surface area contributed by atoms with E-state index in [0.717, 1.165) is 65.9 Å². The molecule has 0 spiro atoms. The van der Waals surface area contributed by atoms with Gasteiger partial charge in [-0.15, -0.1) is 5.10 Å². The number of nitrogens with two attached hydrogens (primary N) is 1. The van der Waals surface area contributed by atoms with E-state index in [4.69, 9.17) is 15.7 Å². The SMILES string of the molecule is CCCCCN=C1CCC(Nc2nc3c(-c4ccc(F)cc4C)cccn3n2)CC1=CN. The van der Waals surface area contributed by atoms with Crippen LogP contribution in [0, 0.1) is 12.7 Å². The monoisotopic (exact) mass is 434 g/mol. The third-order valence-corrected chi connectivity index (χ3v) is 6.01. The summed E-state index contributed by atoms with van der Waals surface area (Å²) in [6.45, 7) is 4.98. The first kappa shape index (κ1) is 22.0. The zero-order valence-corrected chi connectivity index (χ0v) is 18.8. The number of hydrogen-bond donors (Lipinski definition) is 2. The van der Waals surface area contributed by atoms with E-state index in [-0.39, 0.29) is 11.9 Å². The van der Waals surface area contributed by atoms with E-state index in [2.05, 4.69) is 17.3 Å². The van der Waals surface area contributed by atoms with Crippen molar-refractivity contribution in [2.24, 2.45) is 10.7 Å². The predicted octanol–water partition coefficient (Wildman–Crippen LogP) is 5.28. The molecule has 3 aromatic rings. The average molecular weight is 435 g/mol. The lowest BCUT2D eigenvalue weighted by atomic mass is 9.89. The topological polar surface area (TPSA) is 80.6 Å². The number of nitrogens with zero attached hydrogens (tertiary/aromatic N) is 4. The van der Waals surface area contributed by atoms with Crippen molar-refractivity contribution in [3.8, 4) is 11.1 Å². The Labute approximate surface area is 188 Å². The van der Waals surface area contributed by atoms with Gasteiger partial charge in [-0.3, -0.25) is 4.99 Å². The molecule has 3 N–H and O–H groups in total. The zero-order chi connectivity index (χ0) is 22.5. The Balaban J connectivity index is 1.51. The van der Waals surface area contributed by atoms with Crippen molar-refractivity contribution < 1.29 is 4.39 Å². The Morgan fingerprint density at radius 2 is 2.16 bits per heavy atom. The van der Waals surface area contributed by atoms with Gasteiger partial charge in [-0.2, -0.15) is 4.98 Å². The summed E-state index contributed by atoms with van der Waals surface area (Å²) in [5.74, 6) is 0.346. The maximum atomic E-state index is 13.6. The van der Waals surface area contributed by atoms with E-state index in [1.807, 2.05) is 25.3 Å². The number of aryl methyl sites for hydroxylation is 1. The van der Waals surface area contributed by atoms with Gasteiger partial charge in [-0.05, 0) is 79.8 Å². The van der Waals surface area contributed by atoms with Crippen LogP contribution in [-0.2, 0) is 0 Å². The Bertz CT molecular complexity index is 1150. The first-order valence-corrected chi connectivity index (χ1v) is 11.4. The molecule has 1 aliphatic carbocycles. The van der Waals surface area contributed by atoms with Gasteiger partial charge in [0.25, 0.3) is 0 Å². The van der Waals surface area contributed by atoms with Crippen LogP contribution in [0.4, 0.5) is 10.3 Å². The van der Waals surface area contributed by atoms with Crippen molar-refractivity contribution >= 4 is 17.3 Å². The van der Waals surface area contributed by atoms with Crippen LogP contribution in [0.25, 0.3) is 16.8 Å². The molecule has 168 valence electrons. The van der Waals surface area contributed by atoms with Crippen LogP contribution < -0.4 is 11.1 Å². The lowest BCUT2D eigenvalue weighted by Gasteiger charge is -2.26. The predicted molar refractivity (Wildman–Crippen MR) is 128 cm³/mol. The summed E-state index contributed by atoms with van der Waals surface area (Å²) in [6, 6.07) is 8.94. The van der Waals surface area contributed by atoms with Gasteiger partial charge in [0.1, 0.15) is 5.82 Å². The van der Waals surface area contributed by atoms with Gasteiger partial charge in [0.15, 0.2) is 5.65 Å². The highest BCUT2D eigenvalue weighted by molar-refractivity contribution is 6.01. The number of rotatable bonds is 7. The van der Waals surface area contributed by atoms with E-state index in [1.54, 1.807) is 22.8 Å². The summed E-state index contributed by atoms with van der Waals surface area (Å²) in [7, 11) is 0. The molecule has 2 heterocycles. The van der Waals surface area contributed by atoms with E-state index in [9.17, 15) is 4.39 Å². The molecule has 1 unspecified atom stereocenters. The van der Waals surface area contributed by atoms with Crippen LogP contribution >= 0.6 is 0 Å². The molecule has 6 nitrogen and oxygen atoms in total. The van der Waals surface area contributed by atoms with Gasteiger partial charge in [-0.25, -0.2) is 8.91 Å². The largest absolute Gasteiger partial charge is 0.404 e. The molecule has 2 aromatic heterocycles. The highest BCUT2D eigenvalue weighted by Gasteiger charge is 2.23. The van der Waals surface area contributed by atoms with Gasteiger partial charge in [0, 0.05) is 30.1 Å². The van der Waals surface area contributed by atoms with Gasteiger partial charge >= 0.3 is 0 Å². The quantitative estimate of drug-likeness (QED) is 0.496. The fourth-order valence-electron chi connectivity index (χ4n) is 4.29. The van der Waals surface area contributed by atoms with Crippen LogP contribution in [0.5, 0.6) is 0 Å². The molecule has 1 aliphatic rings. The second-order valence-electron chi connectivity index (χ2n) is 8.40. The van der Waals surface area contributed by atoms with E-state index in [0.29, 0.717) is 5.95 Å². The molecule has 1 atom stereocenters. The summed E-state index contributed by atoms with van der Waals surface area (Å²) in [5.41, 5.74) is 11.7. The van der Waals surface area contributed by atoms with Crippen LogP contribution in [-0.4, -0.2) is 32.9 Å². The van der Waals surface area contributed by atoms with Crippen LogP contribution in [0.3, 0.4) is 0 Å². The third kappa shape index (κ3) is 4.82. The number of nitrogens with one attached hydrogen (secondary N) is 1. The molecule has 0 bridgehead atoms. The molecular formula is C25H31FN6. The number of aliphatic imine (C=N–C) groups is 1. The number of fused-ring (bicyclic) bond motifs is 1. The smallest absolute Gasteiger partial charge is 0.243 e. The first-order valence-electron chi connectivity index (χ1n) is 11.4. The van der Waals surface area contributed by atoms with Crippen molar-refractivity contribution in [2.45, 2.75) is 58.4 Å². The molecule has 1 fully saturated rings. The molecule has 32 heavy (non-hydrogen) atoms. The summed E-state index contributed by atoms with van der Waals surface area (Å²) in [6.07, 6.45) is 9.78. The number of unbranched alkanes of at least 4 members (excludes halogenated alkanes) is 2.